The first-order chi connectivity index (χ1) is 22.2. The van der Waals surface area contributed by atoms with Gasteiger partial charge in [0.25, 0.3) is 0 Å². The lowest BCUT2D eigenvalue weighted by molar-refractivity contribution is 0.793. The number of nitrogens with zero attached hydrogens (tertiary/aromatic N) is 1. The summed E-state index contributed by atoms with van der Waals surface area (Å²) in [5.41, 5.74) is 15.8. The van der Waals surface area contributed by atoms with Crippen LogP contribution in [0.1, 0.15) is 22.3 Å². The first-order valence-electron chi connectivity index (χ1n) is 15.4. The maximum Gasteiger partial charge on any atom is 0.0726 e. The minimum atomic E-state index is -0.403. The molecule has 2 aliphatic rings. The molecule has 2 heteroatoms. The molecule has 45 heavy (non-hydrogen) atoms. The molecule has 0 radical (unpaired) electrons. The van der Waals surface area contributed by atoms with Crippen LogP contribution in [0.3, 0.4) is 0 Å². The molecule has 0 unspecified atom stereocenters. The van der Waals surface area contributed by atoms with Crippen LogP contribution in [-0.4, -0.2) is 0 Å². The number of halogens is 1. The van der Waals surface area contributed by atoms with Crippen molar-refractivity contribution in [2.45, 2.75) is 5.41 Å². The van der Waals surface area contributed by atoms with E-state index in [-0.39, 0.29) is 0 Å². The third-order valence-corrected chi connectivity index (χ3v) is 9.81. The van der Waals surface area contributed by atoms with Gasteiger partial charge in [0.15, 0.2) is 0 Å². The van der Waals surface area contributed by atoms with Crippen molar-refractivity contribution in [3.05, 3.63) is 197 Å². The SMILES string of the molecule is Clc1ccc(N(c2ccc3c(c2)C2(c4ccccc4-c4ccccc42)c2ccccc2-3)c2ccccc2-c2ccccc2)cc1. The summed E-state index contributed by atoms with van der Waals surface area (Å²) in [5.74, 6) is 0. The standard InChI is InChI=1S/C43H28ClN/c44-30-22-24-31(25-23-30)45(42-21-11-7-14-33(42)29-12-2-1-3-13-29)32-26-27-37-36-17-6-10-20-40(36)43(41(37)28-32)38-18-8-4-15-34(38)35-16-5-9-19-39(35)43/h1-28H. The summed E-state index contributed by atoms with van der Waals surface area (Å²) in [6.45, 7) is 0. The fourth-order valence-electron chi connectivity index (χ4n) is 7.77. The van der Waals surface area contributed by atoms with Gasteiger partial charge in [0.05, 0.1) is 11.1 Å². The zero-order valence-electron chi connectivity index (χ0n) is 24.5. The van der Waals surface area contributed by atoms with Crippen LogP contribution < -0.4 is 4.90 Å². The van der Waals surface area contributed by atoms with Gasteiger partial charge in [0.2, 0.25) is 0 Å². The quantitative estimate of drug-likeness (QED) is 0.196. The summed E-state index contributed by atoms with van der Waals surface area (Å²) in [4.78, 5) is 2.38. The lowest BCUT2D eigenvalue weighted by atomic mass is 9.70. The molecule has 0 heterocycles. The van der Waals surface area contributed by atoms with Crippen molar-refractivity contribution in [2.75, 3.05) is 4.90 Å². The predicted octanol–water partition coefficient (Wildman–Crippen LogP) is 11.8. The second kappa shape index (κ2) is 10.1. The molecule has 7 aromatic carbocycles. The largest absolute Gasteiger partial charge is 0.310 e. The Bertz CT molecular complexity index is 2170. The van der Waals surface area contributed by atoms with Crippen molar-refractivity contribution in [1.29, 1.82) is 0 Å². The average molecular weight is 594 g/mol. The molecule has 2 aliphatic carbocycles. The van der Waals surface area contributed by atoms with E-state index in [4.69, 9.17) is 11.6 Å². The van der Waals surface area contributed by atoms with Crippen molar-refractivity contribution in [3.63, 3.8) is 0 Å². The fourth-order valence-corrected chi connectivity index (χ4v) is 7.90. The van der Waals surface area contributed by atoms with Gasteiger partial charge in [-0.15, -0.1) is 0 Å². The Morgan fingerprint density at radius 3 is 1.44 bits per heavy atom. The summed E-state index contributed by atoms with van der Waals surface area (Å²) in [6, 6.07) is 61.4. The number of hydrogen-bond acceptors (Lipinski definition) is 1. The van der Waals surface area contributed by atoms with Crippen molar-refractivity contribution in [2.24, 2.45) is 0 Å². The average Bonchev–Trinajstić information content (AvgIpc) is 3.57. The van der Waals surface area contributed by atoms with Crippen LogP contribution in [0.15, 0.2) is 170 Å². The van der Waals surface area contributed by atoms with Gasteiger partial charge in [-0.2, -0.15) is 0 Å². The number of fused-ring (bicyclic) bond motifs is 10. The number of anilines is 3. The monoisotopic (exact) mass is 593 g/mol. The van der Waals surface area contributed by atoms with Gasteiger partial charge in [-0.05, 0) is 92.5 Å². The van der Waals surface area contributed by atoms with E-state index in [0.29, 0.717) is 0 Å². The number of para-hydroxylation sites is 1. The minimum absolute atomic E-state index is 0.403. The molecule has 0 atom stereocenters. The van der Waals surface area contributed by atoms with Gasteiger partial charge in [0, 0.05) is 22.0 Å². The topological polar surface area (TPSA) is 3.24 Å². The summed E-state index contributed by atoms with van der Waals surface area (Å²) >= 11 is 6.42. The molecule has 0 saturated carbocycles. The normalized spacial score (nSPS) is 13.2. The first kappa shape index (κ1) is 26.1. The highest BCUT2D eigenvalue weighted by molar-refractivity contribution is 6.30. The number of hydrogen-bond donors (Lipinski definition) is 0. The molecule has 0 N–H and O–H groups in total. The summed E-state index contributed by atoms with van der Waals surface area (Å²) in [5, 5.41) is 0.720. The van der Waals surface area contributed by atoms with Crippen LogP contribution in [0.5, 0.6) is 0 Å². The Morgan fingerprint density at radius 2 is 0.844 bits per heavy atom. The van der Waals surface area contributed by atoms with Gasteiger partial charge in [0.1, 0.15) is 0 Å². The van der Waals surface area contributed by atoms with Gasteiger partial charge in [-0.25, -0.2) is 0 Å². The Balaban J connectivity index is 1.35. The van der Waals surface area contributed by atoms with E-state index < -0.39 is 5.41 Å². The van der Waals surface area contributed by atoms with Gasteiger partial charge >= 0.3 is 0 Å². The molecule has 0 fully saturated rings. The molecule has 7 aromatic rings. The number of benzene rings is 7. The van der Waals surface area contributed by atoms with Crippen LogP contribution in [0, 0.1) is 0 Å². The first-order valence-corrected chi connectivity index (χ1v) is 15.8. The third kappa shape index (κ3) is 3.75. The lowest BCUT2D eigenvalue weighted by Crippen LogP contribution is -2.26. The Labute approximate surface area is 268 Å². The molecule has 212 valence electrons. The maximum absolute atomic E-state index is 6.42. The molecule has 0 saturated heterocycles. The minimum Gasteiger partial charge on any atom is -0.310 e. The molecule has 1 spiro atoms. The molecular weight excluding hydrogens is 566 g/mol. The smallest absolute Gasteiger partial charge is 0.0726 e. The second-order valence-corrected chi connectivity index (χ2v) is 12.2. The van der Waals surface area contributed by atoms with E-state index in [1.807, 2.05) is 12.1 Å². The van der Waals surface area contributed by atoms with Gasteiger partial charge in [-0.3, -0.25) is 0 Å². The summed E-state index contributed by atoms with van der Waals surface area (Å²) in [6.07, 6.45) is 0. The molecule has 0 aliphatic heterocycles. The van der Waals surface area contributed by atoms with E-state index in [2.05, 4.69) is 163 Å². The fraction of sp³-hybridized carbons (Fsp3) is 0.0233. The lowest BCUT2D eigenvalue weighted by Gasteiger charge is -2.32. The van der Waals surface area contributed by atoms with E-state index in [0.717, 1.165) is 22.1 Å². The van der Waals surface area contributed by atoms with Crippen LogP contribution >= 0.6 is 11.6 Å². The van der Waals surface area contributed by atoms with E-state index >= 15 is 0 Å². The molecule has 9 rings (SSSR count). The van der Waals surface area contributed by atoms with Crippen molar-refractivity contribution in [3.8, 4) is 33.4 Å². The highest BCUT2D eigenvalue weighted by Gasteiger charge is 2.51. The molecular formula is C43H28ClN. The highest BCUT2D eigenvalue weighted by atomic mass is 35.5. The van der Waals surface area contributed by atoms with Crippen molar-refractivity contribution < 1.29 is 0 Å². The third-order valence-electron chi connectivity index (χ3n) is 9.55. The zero-order valence-corrected chi connectivity index (χ0v) is 25.2. The van der Waals surface area contributed by atoms with Crippen LogP contribution in [0.2, 0.25) is 5.02 Å². The number of rotatable bonds is 4. The van der Waals surface area contributed by atoms with Crippen molar-refractivity contribution >= 4 is 28.7 Å². The van der Waals surface area contributed by atoms with E-state index in [1.165, 1.54) is 55.6 Å². The second-order valence-electron chi connectivity index (χ2n) is 11.8. The Hall–Kier alpha value is -5.37. The van der Waals surface area contributed by atoms with Crippen molar-refractivity contribution in [1.82, 2.24) is 0 Å². The maximum atomic E-state index is 6.42. The molecule has 0 aromatic heterocycles. The molecule has 1 nitrogen and oxygen atoms in total. The van der Waals surface area contributed by atoms with Crippen LogP contribution in [0.4, 0.5) is 17.1 Å². The Kier molecular flexibility index (Phi) is 5.84. The molecule has 0 amide bonds. The van der Waals surface area contributed by atoms with Crippen LogP contribution in [-0.2, 0) is 5.41 Å². The van der Waals surface area contributed by atoms with Gasteiger partial charge in [-0.1, -0.05) is 139 Å². The predicted molar refractivity (Wildman–Crippen MR) is 188 cm³/mol. The summed E-state index contributed by atoms with van der Waals surface area (Å²) < 4.78 is 0. The summed E-state index contributed by atoms with van der Waals surface area (Å²) in [7, 11) is 0. The van der Waals surface area contributed by atoms with E-state index in [9.17, 15) is 0 Å². The molecule has 0 bridgehead atoms. The van der Waals surface area contributed by atoms with Gasteiger partial charge < -0.3 is 4.90 Å². The zero-order chi connectivity index (χ0) is 30.0. The highest BCUT2D eigenvalue weighted by Crippen LogP contribution is 2.63. The van der Waals surface area contributed by atoms with Crippen LogP contribution in [0.25, 0.3) is 33.4 Å². The Morgan fingerprint density at radius 1 is 0.378 bits per heavy atom. The van der Waals surface area contributed by atoms with E-state index in [1.54, 1.807) is 0 Å².